The number of aromatic nitrogens is 1. The third-order valence-electron chi connectivity index (χ3n) is 2.67. The predicted molar refractivity (Wildman–Crippen MR) is 70.1 cm³/mol. The van der Waals surface area contributed by atoms with Crippen LogP contribution in [0, 0.1) is 13.8 Å². The van der Waals surface area contributed by atoms with E-state index in [2.05, 4.69) is 11.9 Å². The van der Waals surface area contributed by atoms with Crippen molar-refractivity contribution in [2.75, 3.05) is 14.2 Å². The van der Waals surface area contributed by atoms with E-state index >= 15 is 0 Å². The van der Waals surface area contributed by atoms with Gasteiger partial charge in [0.1, 0.15) is 16.5 Å². The zero-order valence-corrected chi connectivity index (χ0v) is 11.2. The van der Waals surface area contributed by atoms with Crippen LogP contribution in [0.5, 0.6) is 11.5 Å². The van der Waals surface area contributed by atoms with Gasteiger partial charge in [0.25, 0.3) is 0 Å². The molecule has 4 heteroatoms. The first kappa shape index (κ1) is 11.9. The fourth-order valence-electron chi connectivity index (χ4n) is 1.56. The summed E-state index contributed by atoms with van der Waals surface area (Å²) in [5.41, 5.74) is 2.08. The van der Waals surface area contributed by atoms with Crippen molar-refractivity contribution >= 4 is 11.3 Å². The molecule has 0 fully saturated rings. The molecule has 90 valence electrons. The third-order valence-corrected chi connectivity index (χ3v) is 3.77. The van der Waals surface area contributed by atoms with E-state index in [1.807, 2.05) is 25.1 Å². The van der Waals surface area contributed by atoms with E-state index in [9.17, 15) is 0 Å². The fourth-order valence-corrected chi connectivity index (χ4v) is 2.51. The molecule has 0 N–H and O–H groups in total. The molecule has 1 aromatic heterocycles. The van der Waals surface area contributed by atoms with E-state index in [1.165, 1.54) is 4.88 Å². The van der Waals surface area contributed by atoms with E-state index in [1.54, 1.807) is 25.6 Å². The molecule has 0 unspecified atom stereocenters. The maximum Gasteiger partial charge on any atom is 0.132 e. The Labute approximate surface area is 105 Å². The lowest BCUT2D eigenvalue weighted by Gasteiger charge is -2.08. The second-order valence-electron chi connectivity index (χ2n) is 3.73. The van der Waals surface area contributed by atoms with Crippen molar-refractivity contribution in [3.63, 3.8) is 0 Å². The van der Waals surface area contributed by atoms with Gasteiger partial charge in [-0.05, 0) is 26.0 Å². The van der Waals surface area contributed by atoms with Gasteiger partial charge in [-0.25, -0.2) is 4.98 Å². The van der Waals surface area contributed by atoms with Gasteiger partial charge in [-0.2, -0.15) is 0 Å². The molecule has 0 amide bonds. The molecule has 0 saturated carbocycles. The number of rotatable bonds is 3. The molecule has 0 bridgehead atoms. The van der Waals surface area contributed by atoms with Gasteiger partial charge in [-0.1, -0.05) is 0 Å². The summed E-state index contributed by atoms with van der Waals surface area (Å²) in [4.78, 5) is 5.78. The van der Waals surface area contributed by atoms with Crippen LogP contribution in [0.2, 0.25) is 0 Å². The summed E-state index contributed by atoms with van der Waals surface area (Å²) in [6.07, 6.45) is 0. The van der Waals surface area contributed by atoms with Crippen molar-refractivity contribution in [3.05, 3.63) is 28.8 Å². The van der Waals surface area contributed by atoms with Crippen LogP contribution in [0.15, 0.2) is 18.2 Å². The molecule has 2 aromatic rings. The molecule has 0 aliphatic heterocycles. The van der Waals surface area contributed by atoms with Crippen LogP contribution in [-0.2, 0) is 0 Å². The smallest absolute Gasteiger partial charge is 0.132 e. The number of benzene rings is 1. The van der Waals surface area contributed by atoms with Gasteiger partial charge in [0, 0.05) is 10.9 Å². The van der Waals surface area contributed by atoms with Crippen LogP contribution < -0.4 is 9.47 Å². The minimum Gasteiger partial charge on any atom is -0.497 e. The first-order valence-electron chi connectivity index (χ1n) is 5.32. The predicted octanol–water partition coefficient (Wildman–Crippen LogP) is 3.44. The van der Waals surface area contributed by atoms with E-state index in [0.717, 1.165) is 27.8 Å². The average Bonchev–Trinajstić information content (AvgIpc) is 2.68. The van der Waals surface area contributed by atoms with Crippen molar-refractivity contribution in [1.29, 1.82) is 0 Å². The van der Waals surface area contributed by atoms with Gasteiger partial charge >= 0.3 is 0 Å². The maximum atomic E-state index is 5.38. The minimum absolute atomic E-state index is 0.788. The standard InChI is InChI=1S/C13H15NO2S/c1-8-9(2)17-13(14-8)11-6-5-10(15-3)7-12(11)16-4/h5-7H,1-4H3. The number of nitrogens with zero attached hydrogens (tertiary/aromatic N) is 1. The van der Waals surface area contributed by atoms with Gasteiger partial charge in [0.2, 0.25) is 0 Å². The van der Waals surface area contributed by atoms with E-state index < -0.39 is 0 Å². The van der Waals surface area contributed by atoms with Crippen molar-refractivity contribution in [2.45, 2.75) is 13.8 Å². The van der Waals surface area contributed by atoms with E-state index in [4.69, 9.17) is 9.47 Å². The van der Waals surface area contributed by atoms with Gasteiger partial charge in [-0.3, -0.25) is 0 Å². The molecule has 0 spiro atoms. The summed E-state index contributed by atoms with van der Waals surface area (Å²) in [5, 5.41) is 0.986. The quantitative estimate of drug-likeness (QED) is 0.835. The van der Waals surface area contributed by atoms with Crippen molar-refractivity contribution in [3.8, 4) is 22.1 Å². The fraction of sp³-hybridized carbons (Fsp3) is 0.308. The first-order valence-corrected chi connectivity index (χ1v) is 6.13. The van der Waals surface area contributed by atoms with Crippen LogP contribution in [0.3, 0.4) is 0 Å². The molecule has 2 rings (SSSR count). The summed E-state index contributed by atoms with van der Waals surface area (Å²) in [6, 6.07) is 5.78. The zero-order chi connectivity index (χ0) is 12.4. The minimum atomic E-state index is 0.788. The Balaban J connectivity index is 2.51. The number of hydrogen-bond donors (Lipinski definition) is 0. The highest BCUT2D eigenvalue weighted by Crippen LogP contribution is 2.36. The zero-order valence-electron chi connectivity index (χ0n) is 10.4. The summed E-state index contributed by atoms with van der Waals surface area (Å²) >= 11 is 1.68. The molecule has 0 saturated heterocycles. The van der Waals surface area contributed by atoms with Crippen LogP contribution in [-0.4, -0.2) is 19.2 Å². The molecule has 1 aromatic carbocycles. The maximum absolute atomic E-state index is 5.38. The van der Waals surface area contributed by atoms with Crippen LogP contribution in [0.4, 0.5) is 0 Å². The van der Waals surface area contributed by atoms with Crippen molar-refractivity contribution in [2.24, 2.45) is 0 Å². The Hall–Kier alpha value is -1.55. The van der Waals surface area contributed by atoms with Gasteiger partial charge in [-0.15, -0.1) is 11.3 Å². The van der Waals surface area contributed by atoms with Gasteiger partial charge in [0.05, 0.1) is 25.5 Å². The van der Waals surface area contributed by atoms with Gasteiger partial charge < -0.3 is 9.47 Å². The highest BCUT2D eigenvalue weighted by Gasteiger charge is 2.12. The first-order chi connectivity index (χ1) is 8.15. The van der Waals surface area contributed by atoms with Gasteiger partial charge in [0.15, 0.2) is 0 Å². The molecule has 0 radical (unpaired) electrons. The molecule has 1 heterocycles. The molecular weight excluding hydrogens is 234 g/mol. The Bertz CT molecular complexity index is 515. The van der Waals surface area contributed by atoms with Crippen molar-refractivity contribution in [1.82, 2.24) is 4.98 Å². The Morgan fingerprint density at radius 2 is 1.88 bits per heavy atom. The molecular formula is C13H15NO2S. The lowest BCUT2D eigenvalue weighted by molar-refractivity contribution is 0.395. The van der Waals surface area contributed by atoms with Crippen LogP contribution >= 0.6 is 11.3 Å². The topological polar surface area (TPSA) is 31.4 Å². The second-order valence-corrected chi connectivity index (χ2v) is 4.93. The largest absolute Gasteiger partial charge is 0.497 e. The highest BCUT2D eigenvalue weighted by molar-refractivity contribution is 7.15. The summed E-state index contributed by atoms with van der Waals surface area (Å²) in [6.45, 7) is 4.10. The second kappa shape index (κ2) is 4.75. The lowest BCUT2D eigenvalue weighted by atomic mass is 10.2. The highest BCUT2D eigenvalue weighted by atomic mass is 32.1. The van der Waals surface area contributed by atoms with Crippen LogP contribution in [0.25, 0.3) is 10.6 Å². The number of hydrogen-bond acceptors (Lipinski definition) is 4. The summed E-state index contributed by atoms with van der Waals surface area (Å²) in [7, 11) is 3.30. The Morgan fingerprint density at radius 1 is 1.12 bits per heavy atom. The van der Waals surface area contributed by atoms with E-state index in [0.29, 0.717) is 0 Å². The molecule has 0 aliphatic rings. The Kier molecular flexibility index (Phi) is 3.33. The number of methoxy groups -OCH3 is 2. The number of thiazole rings is 1. The normalized spacial score (nSPS) is 10.4. The monoisotopic (exact) mass is 249 g/mol. The molecule has 3 nitrogen and oxygen atoms in total. The number of aryl methyl sites for hydroxylation is 2. The molecule has 0 atom stereocenters. The Morgan fingerprint density at radius 3 is 2.41 bits per heavy atom. The third kappa shape index (κ3) is 2.26. The summed E-state index contributed by atoms with van der Waals surface area (Å²) < 4.78 is 10.6. The summed E-state index contributed by atoms with van der Waals surface area (Å²) in [5.74, 6) is 1.58. The number of ether oxygens (including phenoxy) is 2. The lowest BCUT2D eigenvalue weighted by Crippen LogP contribution is -1.90. The SMILES string of the molecule is COc1ccc(-c2nc(C)c(C)s2)c(OC)c1. The van der Waals surface area contributed by atoms with E-state index in [-0.39, 0.29) is 0 Å². The van der Waals surface area contributed by atoms with Crippen LogP contribution in [0.1, 0.15) is 10.6 Å². The molecule has 0 aliphatic carbocycles. The average molecular weight is 249 g/mol. The molecule has 17 heavy (non-hydrogen) atoms. The van der Waals surface area contributed by atoms with Crippen molar-refractivity contribution < 1.29 is 9.47 Å².